The van der Waals surface area contributed by atoms with Crippen molar-refractivity contribution in [3.05, 3.63) is 71.8 Å². The highest BCUT2D eigenvalue weighted by molar-refractivity contribution is 8.23. The number of morpholine rings is 1. The second-order valence-electron chi connectivity index (χ2n) is 7.20. The van der Waals surface area contributed by atoms with Crippen LogP contribution >= 0.6 is 24.0 Å². The molecule has 0 saturated carbocycles. The highest BCUT2D eigenvalue weighted by Gasteiger charge is 2.51. The van der Waals surface area contributed by atoms with Crippen LogP contribution in [0.2, 0.25) is 0 Å². The zero-order valence-corrected chi connectivity index (χ0v) is 18.3. The molecule has 0 N–H and O–H groups in total. The molecule has 0 aromatic heterocycles. The lowest BCUT2D eigenvalue weighted by atomic mass is 9.74. The zero-order chi connectivity index (χ0) is 21.1. The van der Waals surface area contributed by atoms with Crippen molar-refractivity contribution in [1.82, 2.24) is 14.9 Å². The number of thiocarbonyl (C=S) groups is 1. The molecule has 0 aliphatic carbocycles. The number of carbonyl (C=O) groups excluding carboxylic acids is 2. The Labute approximate surface area is 185 Å². The van der Waals surface area contributed by atoms with Gasteiger partial charge in [0.15, 0.2) is 4.32 Å². The van der Waals surface area contributed by atoms with E-state index in [1.165, 1.54) is 21.7 Å². The number of hydrazine groups is 1. The van der Waals surface area contributed by atoms with Gasteiger partial charge in [-0.3, -0.25) is 9.80 Å². The van der Waals surface area contributed by atoms with Crippen molar-refractivity contribution in [3.8, 4) is 0 Å². The topological polar surface area (TPSA) is 53.1 Å². The van der Waals surface area contributed by atoms with Crippen LogP contribution in [0.25, 0.3) is 0 Å². The summed E-state index contributed by atoms with van der Waals surface area (Å²) in [5.74, 6) is 0.137. The number of benzene rings is 2. The summed E-state index contributed by atoms with van der Waals surface area (Å²) in [7, 11) is 1.68. The lowest BCUT2D eigenvalue weighted by Gasteiger charge is -2.43. The average Bonchev–Trinajstić information content (AvgIpc) is 2.80. The molecule has 2 aliphatic rings. The third-order valence-corrected chi connectivity index (χ3v) is 7.12. The predicted octanol–water partition coefficient (Wildman–Crippen LogP) is 3.13. The van der Waals surface area contributed by atoms with E-state index < -0.39 is 11.4 Å². The molecule has 156 valence electrons. The van der Waals surface area contributed by atoms with E-state index in [1.807, 2.05) is 65.7 Å². The van der Waals surface area contributed by atoms with Gasteiger partial charge in [-0.05, 0) is 11.1 Å². The maximum Gasteiger partial charge on any atom is 0.346 e. The van der Waals surface area contributed by atoms with Gasteiger partial charge in [-0.2, -0.15) is 0 Å². The summed E-state index contributed by atoms with van der Waals surface area (Å²) in [6.07, 6.45) is 0. The molecule has 2 fully saturated rings. The standard InChI is InChI=1S/C22H23N3O3S2/c1-23(24-12-14-28-15-13-24)20(27)25-19(26)22(16-30-21(25)29,17-8-4-2-5-9-17)18-10-6-3-7-11-18/h2-11H,12-16H2,1H3. The molecule has 4 rings (SSSR count). The SMILES string of the molecule is CN(C(=O)N1C(=O)C(c2ccccc2)(c2ccccc2)CSC1=S)N1CCOCC1. The summed E-state index contributed by atoms with van der Waals surface area (Å²) >= 11 is 6.85. The van der Waals surface area contributed by atoms with E-state index in [-0.39, 0.29) is 10.2 Å². The van der Waals surface area contributed by atoms with Crippen LogP contribution in [-0.2, 0) is 14.9 Å². The van der Waals surface area contributed by atoms with Gasteiger partial charge in [0.25, 0.3) is 5.91 Å². The lowest BCUT2D eigenvalue weighted by Crippen LogP contribution is -2.61. The van der Waals surface area contributed by atoms with Crippen molar-refractivity contribution in [2.45, 2.75) is 5.41 Å². The summed E-state index contributed by atoms with van der Waals surface area (Å²) in [5.41, 5.74) is 0.711. The summed E-state index contributed by atoms with van der Waals surface area (Å²) in [5, 5.41) is 3.37. The fourth-order valence-corrected chi connectivity index (χ4v) is 5.30. The fraction of sp³-hybridized carbons (Fsp3) is 0.318. The van der Waals surface area contributed by atoms with Crippen molar-refractivity contribution in [2.75, 3.05) is 39.1 Å². The van der Waals surface area contributed by atoms with E-state index in [0.717, 1.165) is 11.1 Å². The molecule has 2 aromatic carbocycles. The smallest absolute Gasteiger partial charge is 0.346 e. The maximum atomic E-state index is 14.0. The predicted molar refractivity (Wildman–Crippen MR) is 121 cm³/mol. The molecule has 8 heteroatoms. The van der Waals surface area contributed by atoms with Crippen LogP contribution in [0.15, 0.2) is 60.7 Å². The molecule has 0 radical (unpaired) electrons. The molecule has 3 amide bonds. The molecule has 0 spiro atoms. The second-order valence-corrected chi connectivity index (χ2v) is 8.81. The van der Waals surface area contributed by atoms with Gasteiger partial charge in [-0.25, -0.2) is 14.7 Å². The average molecular weight is 442 g/mol. The Balaban J connectivity index is 1.75. The number of hydrogen-bond donors (Lipinski definition) is 0. The Bertz CT molecular complexity index is 894. The van der Waals surface area contributed by atoms with Crippen molar-refractivity contribution in [1.29, 1.82) is 0 Å². The molecule has 2 saturated heterocycles. The number of nitrogens with zero attached hydrogens (tertiary/aromatic N) is 3. The lowest BCUT2D eigenvalue weighted by molar-refractivity contribution is -0.130. The van der Waals surface area contributed by atoms with Gasteiger partial charge in [0.1, 0.15) is 5.41 Å². The van der Waals surface area contributed by atoms with Crippen LogP contribution in [0, 0.1) is 0 Å². The Kier molecular flexibility index (Phi) is 6.19. The van der Waals surface area contributed by atoms with E-state index in [2.05, 4.69) is 0 Å². The number of urea groups is 1. The highest BCUT2D eigenvalue weighted by Crippen LogP contribution is 2.42. The third-order valence-electron chi connectivity index (χ3n) is 5.58. The quantitative estimate of drug-likeness (QED) is 0.683. The Morgan fingerprint density at radius 3 is 2.10 bits per heavy atom. The van der Waals surface area contributed by atoms with Crippen molar-refractivity contribution >= 4 is 40.2 Å². The number of ether oxygens (including phenoxy) is 1. The maximum absolute atomic E-state index is 14.0. The van der Waals surface area contributed by atoms with Gasteiger partial charge < -0.3 is 4.74 Å². The molecule has 0 unspecified atom stereocenters. The number of carbonyl (C=O) groups is 2. The van der Waals surface area contributed by atoms with E-state index in [9.17, 15) is 9.59 Å². The molecule has 30 heavy (non-hydrogen) atoms. The van der Waals surface area contributed by atoms with Crippen LogP contribution in [0.3, 0.4) is 0 Å². The molecule has 0 bridgehead atoms. The number of hydrogen-bond acceptors (Lipinski definition) is 6. The number of rotatable bonds is 3. The normalized spacial score (nSPS) is 19.6. The first kappa shape index (κ1) is 21.0. The molecule has 6 nitrogen and oxygen atoms in total. The van der Waals surface area contributed by atoms with Crippen LogP contribution in [-0.4, -0.2) is 70.3 Å². The zero-order valence-electron chi connectivity index (χ0n) is 16.7. The summed E-state index contributed by atoms with van der Waals surface area (Å²) in [6, 6.07) is 18.8. The molecule has 2 aliphatic heterocycles. The summed E-state index contributed by atoms with van der Waals surface area (Å²) in [6.45, 7) is 2.27. The van der Waals surface area contributed by atoms with Crippen molar-refractivity contribution < 1.29 is 14.3 Å². The second kappa shape index (κ2) is 8.85. The number of imide groups is 1. The number of thioether (sulfide) groups is 1. The molecule has 0 atom stereocenters. The van der Waals surface area contributed by atoms with Gasteiger partial charge in [0.2, 0.25) is 0 Å². The minimum absolute atomic E-state index is 0.285. The van der Waals surface area contributed by atoms with Crippen molar-refractivity contribution in [2.24, 2.45) is 0 Å². The van der Waals surface area contributed by atoms with Crippen LogP contribution in [0.1, 0.15) is 11.1 Å². The van der Waals surface area contributed by atoms with Gasteiger partial charge in [0, 0.05) is 25.9 Å². The minimum Gasteiger partial charge on any atom is -0.379 e. The van der Waals surface area contributed by atoms with Crippen molar-refractivity contribution in [3.63, 3.8) is 0 Å². The first-order valence-electron chi connectivity index (χ1n) is 9.78. The highest BCUT2D eigenvalue weighted by atomic mass is 32.2. The summed E-state index contributed by atoms with van der Waals surface area (Å²) in [4.78, 5) is 28.6. The van der Waals surface area contributed by atoms with Gasteiger partial charge >= 0.3 is 6.03 Å². The monoisotopic (exact) mass is 441 g/mol. The van der Waals surface area contributed by atoms with Crippen LogP contribution in [0.5, 0.6) is 0 Å². The first-order valence-corrected chi connectivity index (χ1v) is 11.2. The molecule has 2 aromatic rings. The first-order chi connectivity index (χ1) is 14.6. The Hall–Kier alpha value is -2.26. The third kappa shape index (κ3) is 3.65. The largest absolute Gasteiger partial charge is 0.379 e. The Morgan fingerprint density at radius 1 is 1.03 bits per heavy atom. The van der Waals surface area contributed by atoms with Gasteiger partial charge in [-0.15, -0.1) is 0 Å². The van der Waals surface area contributed by atoms with E-state index >= 15 is 0 Å². The number of amides is 3. The molecular weight excluding hydrogens is 418 g/mol. The van der Waals surface area contributed by atoms with Gasteiger partial charge in [0.05, 0.1) is 13.2 Å². The van der Waals surface area contributed by atoms with E-state index in [0.29, 0.717) is 32.1 Å². The molecule has 2 heterocycles. The van der Waals surface area contributed by atoms with E-state index in [1.54, 1.807) is 7.05 Å². The van der Waals surface area contributed by atoms with E-state index in [4.69, 9.17) is 17.0 Å². The summed E-state index contributed by atoms with van der Waals surface area (Å²) < 4.78 is 5.66. The van der Waals surface area contributed by atoms with Gasteiger partial charge in [-0.1, -0.05) is 84.6 Å². The van der Waals surface area contributed by atoms with Crippen LogP contribution in [0.4, 0.5) is 4.79 Å². The minimum atomic E-state index is -0.989. The molecular formula is C22H23N3O3S2. The fourth-order valence-electron chi connectivity index (χ4n) is 3.88. The van der Waals surface area contributed by atoms with Crippen LogP contribution < -0.4 is 0 Å². The Morgan fingerprint density at radius 2 is 1.57 bits per heavy atom.